The third-order valence-corrected chi connectivity index (χ3v) is 4.94. The predicted molar refractivity (Wildman–Crippen MR) is 112 cm³/mol. The molecule has 2 aromatic carbocycles. The number of fused-ring (bicyclic) bond motifs is 2. The molecule has 2 heterocycles. The molecule has 0 atom stereocenters. The van der Waals surface area contributed by atoms with Gasteiger partial charge in [-0.25, -0.2) is 4.98 Å². The van der Waals surface area contributed by atoms with Gasteiger partial charge in [-0.15, -0.1) is 12.4 Å². The van der Waals surface area contributed by atoms with Crippen molar-refractivity contribution in [3.8, 4) is 0 Å². The van der Waals surface area contributed by atoms with Gasteiger partial charge in [-0.3, -0.25) is 10.1 Å². The van der Waals surface area contributed by atoms with Crippen molar-refractivity contribution in [3.63, 3.8) is 0 Å². The molecule has 0 fully saturated rings. The second-order valence-electron chi connectivity index (χ2n) is 6.76. The number of aryl methyl sites for hydroxylation is 1. The predicted octanol–water partition coefficient (Wildman–Crippen LogP) is 3.81. The van der Waals surface area contributed by atoms with Crippen LogP contribution in [-0.4, -0.2) is 28.5 Å². The molecule has 0 unspecified atom stereocenters. The van der Waals surface area contributed by atoms with Crippen molar-refractivity contribution < 1.29 is 4.79 Å². The minimum Gasteiger partial charge on any atom is -0.316 e. The highest BCUT2D eigenvalue weighted by atomic mass is 35.5. The summed E-state index contributed by atoms with van der Waals surface area (Å²) in [6.45, 7) is 4.91. The highest BCUT2D eigenvalue weighted by molar-refractivity contribution is 6.04. The number of carbonyl (C=O) groups excluding carboxylic acids is 1. The summed E-state index contributed by atoms with van der Waals surface area (Å²) in [5.41, 5.74) is 5.26. The summed E-state index contributed by atoms with van der Waals surface area (Å²) in [6.07, 6.45) is 2.96. The Hall–Kier alpha value is -2.37. The Morgan fingerprint density at radius 1 is 1.15 bits per heavy atom. The van der Waals surface area contributed by atoms with Crippen LogP contribution in [0.3, 0.4) is 0 Å². The molecule has 0 radical (unpaired) electrons. The van der Waals surface area contributed by atoms with E-state index in [2.05, 4.69) is 33.2 Å². The van der Waals surface area contributed by atoms with Crippen LogP contribution >= 0.6 is 12.4 Å². The number of anilines is 1. The van der Waals surface area contributed by atoms with Crippen LogP contribution in [0, 0.1) is 0 Å². The van der Waals surface area contributed by atoms with Crippen LogP contribution in [0.25, 0.3) is 11.0 Å². The molecule has 2 N–H and O–H groups in total. The Balaban J connectivity index is 0.00000210. The first-order valence-corrected chi connectivity index (χ1v) is 9.35. The van der Waals surface area contributed by atoms with E-state index in [9.17, 15) is 4.79 Å². The third kappa shape index (κ3) is 3.99. The van der Waals surface area contributed by atoms with E-state index < -0.39 is 0 Å². The van der Waals surface area contributed by atoms with E-state index in [1.807, 2.05) is 36.4 Å². The van der Waals surface area contributed by atoms with Gasteiger partial charge >= 0.3 is 0 Å². The number of benzene rings is 2. The number of rotatable bonds is 4. The van der Waals surface area contributed by atoms with Gasteiger partial charge in [0.15, 0.2) is 0 Å². The van der Waals surface area contributed by atoms with Gasteiger partial charge in [-0.1, -0.05) is 25.1 Å². The average molecular weight is 385 g/mol. The first-order valence-electron chi connectivity index (χ1n) is 9.35. The zero-order valence-electron chi connectivity index (χ0n) is 15.5. The first-order chi connectivity index (χ1) is 12.8. The number of nitrogens with zero attached hydrogens (tertiary/aromatic N) is 2. The minimum atomic E-state index is -0.0994. The molecular formula is C21H25ClN4O. The fourth-order valence-corrected chi connectivity index (χ4v) is 3.61. The smallest absolute Gasteiger partial charge is 0.257 e. The topological polar surface area (TPSA) is 59.0 Å². The molecule has 5 nitrogen and oxygen atoms in total. The summed E-state index contributed by atoms with van der Waals surface area (Å²) in [5.74, 6) is 0.521. The highest BCUT2D eigenvalue weighted by Crippen LogP contribution is 2.21. The van der Waals surface area contributed by atoms with E-state index in [4.69, 9.17) is 0 Å². The van der Waals surface area contributed by atoms with E-state index in [1.54, 1.807) is 0 Å². The van der Waals surface area contributed by atoms with Crippen LogP contribution in [0.2, 0.25) is 0 Å². The zero-order valence-corrected chi connectivity index (χ0v) is 16.3. The monoisotopic (exact) mass is 384 g/mol. The molecule has 1 amide bonds. The van der Waals surface area contributed by atoms with Crippen LogP contribution in [-0.2, 0) is 19.4 Å². The van der Waals surface area contributed by atoms with E-state index >= 15 is 0 Å². The lowest BCUT2D eigenvalue weighted by Crippen LogP contribution is -2.17. The standard InChI is InChI=1S/C21H24N4O.ClH/c1-2-13-25-19-6-4-3-5-18(19)23-21(25)24-20(26)17-8-7-15-9-11-22-12-10-16(15)14-17;/h3-8,14,22H,2,9-13H2,1H3,(H,23,24,26);1H. The Morgan fingerprint density at radius 3 is 2.74 bits per heavy atom. The molecule has 1 aliphatic heterocycles. The summed E-state index contributed by atoms with van der Waals surface area (Å²) >= 11 is 0. The van der Waals surface area contributed by atoms with Crippen LogP contribution in [0.4, 0.5) is 5.95 Å². The Bertz CT molecular complexity index is 951. The normalized spacial score (nSPS) is 13.5. The number of para-hydroxylation sites is 2. The molecule has 1 aromatic heterocycles. The Morgan fingerprint density at radius 2 is 1.93 bits per heavy atom. The Kier molecular flexibility index (Phi) is 6.14. The fourth-order valence-electron chi connectivity index (χ4n) is 3.61. The first kappa shape index (κ1) is 19.4. The molecule has 3 aromatic rings. The minimum absolute atomic E-state index is 0. The number of amides is 1. The molecule has 0 aliphatic carbocycles. The maximum absolute atomic E-state index is 12.8. The molecule has 0 spiro atoms. The maximum Gasteiger partial charge on any atom is 0.257 e. The highest BCUT2D eigenvalue weighted by Gasteiger charge is 2.16. The van der Waals surface area contributed by atoms with Crippen LogP contribution in [0.5, 0.6) is 0 Å². The van der Waals surface area contributed by atoms with Crippen molar-refractivity contribution in [1.82, 2.24) is 14.9 Å². The van der Waals surface area contributed by atoms with Gasteiger partial charge in [0.05, 0.1) is 11.0 Å². The molecular weight excluding hydrogens is 360 g/mol. The molecule has 0 saturated heterocycles. The van der Waals surface area contributed by atoms with Crippen molar-refractivity contribution in [2.75, 3.05) is 18.4 Å². The lowest BCUT2D eigenvalue weighted by molar-refractivity contribution is 0.102. The Labute approximate surface area is 165 Å². The zero-order chi connectivity index (χ0) is 17.9. The van der Waals surface area contributed by atoms with Crippen LogP contribution in [0.15, 0.2) is 42.5 Å². The number of nitrogens with one attached hydrogen (secondary N) is 2. The molecule has 6 heteroatoms. The number of hydrogen-bond donors (Lipinski definition) is 2. The second kappa shape index (κ2) is 8.55. The van der Waals surface area contributed by atoms with Crippen molar-refractivity contribution in [2.24, 2.45) is 0 Å². The summed E-state index contributed by atoms with van der Waals surface area (Å²) in [6, 6.07) is 14.0. The number of imidazole rings is 1. The fraction of sp³-hybridized carbons (Fsp3) is 0.333. The van der Waals surface area contributed by atoms with Gasteiger partial charge in [0, 0.05) is 12.1 Å². The summed E-state index contributed by atoms with van der Waals surface area (Å²) in [5, 5.41) is 6.43. The van der Waals surface area contributed by atoms with Crippen LogP contribution in [0.1, 0.15) is 34.8 Å². The van der Waals surface area contributed by atoms with Gasteiger partial charge < -0.3 is 9.88 Å². The lowest BCUT2D eigenvalue weighted by Gasteiger charge is -2.11. The third-order valence-electron chi connectivity index (χ3n) is 4.94. The molecule has 142 valence electrons. The average Bonchev–Trinajstić information content (AvgIpc) is 2.84. The van der Waals surface area contributed by atoms with Crippen molar-refractivity contribution in [1.29, 1.82) is 0 Å². The summed E-state index contributed by atoms with van der Waals surface area (Å²) in [4.78, 5) is 17.5. The number of carbonyl (C=O) groups is 1. The SMILES string of the molecule is CCCn1c(NC(=O)c2ccc3c(c2)CCNCC3)nc2ccccc21.Cl. The van der Waals surface area contributed by atoms with Gasteiger partial charge in [-0.2, -0.15) is 0 Å². The van der Waals surface area contributed by atoms with Gasteiger partial charge in [0.1, 0.15) is 0 Å². The lowest BCUT2D eigenvalue weighted by atomic mass is 10.00. The molecule has 0 saturated carbocycles. The molecule has 27 heavy (non-hydrogen) atoms. The molecule has 4 rings (SSSR count). The van der Waals surface area contributed by atoms with Gasteiger partial charge in [0.25, 0.3) is 5.91 Å². The molecule has 0 bridgehead atoms. The molecule has 1 aliphatic rings. The largest absolute Gasteiger partial charge is 0.316 e. The van der Waals surface area contributed by atoms with E-state index in [0.717, 1.165) is 49.9 Å². The summed E-state index contributed by atoms with van der Waals surface area (Å²) < 4.78 is 2.08. The second-order valence-corrected chi connectivity index (χ2v) is 6.76. The van der Waals surface area contributed by atoms with Crippen LogP contribution < -0.4 is 10.6 Å². The maximum atomic E-state index is 12.8. The number of aromatic nitrogens is 2. The van der Waals surface area contributed by atoms with E-state index in [-0.39, 0.29) is 18.3 Å². The number of hydrogen-bond acceptors (Lipinski definition) is 3. The van der Waals surface area contributed by atoms with Crippen molar-refractivity contribution in [2.45, 2.75) is 32.7 Å². The summed E-state index contributed by atoms with van der Waals surface area (Å²) in [7, 11) is 0. The number of halogens is 1. The van der Waals surface area contributed by atoms with Gasteiger partial charge in [0.2, 0.25) is 5.95 Å². The van der Waals surface area contributed by atoms with Crippen molar-refractivity contribution in [3.05, 3.63) is 59.2 Å². The quantitative estimate of drug-likeness (QED) is 0.719. The van der Waals surface area contributed by atoms with Gasteiger partial charge in [-0.05, 0) is 67.7 Å². The van der Waals surface area contributed by atoms with E-state index in [0.29, 0.717) is 11.5 Å². The van der Waals surface area contributed by atoms with E-state index in [1.165, 1.54) is 11.1 Å². The van der Waals surface area contributed by atoms with Crippen molar-refractivity contribution >= 4 is 35.3 Å².